The summed E-state index contributed by atoms with van der Waals surface area (Å²) >= 11 is 1.76. The Labute approximate surface area is 135 Å². The molecule has 0 unspecified atom stereocenters. The quantitative estimate of drug-likeness (QED) is 0.644. The Hall–Kier alpha value is -1.90. The maximum Gasteiger partial charge on any atom is 0.0234 e. The molecule has 22 heavy (non-hydrogen) atoms. The van der Waals surface area contributed by atoms with E-state index in [0.717, 1.165) is 13.1 Å². The summed E-state index contributed by atoms with van der Waals surface area (Å²) in [5.74, 6) is 0.478. The van der Waals surface area contributed by atoms with E-state index >= 15 is 0 Å². The maximum absolute atomic E-state index is 2.43. The van der Waals surface area contributed by atoms with E-state index in [0.29, 0.717) is 5.92 Å². The van der Waals surface area contributed by atoms with Crippen LogP contribution >= 0.6 is 11.3 Å². The third kappa shape index (κ3) is 2.49. The smallest absolute Gasteiger partial charge is 0.0234 e. The van der Waals surface area contributed by atoms with Gasteiger partial charge in [0.2, 0.25) is 0 Å². The van der Waals surface area contributed by atoms with E-state index < -0.39 is 0 Å². The minimum absolute atomic E-state index is 0.478. The first-order valence-electron chi connectivity index (χ1n) is 7.70. The maximum atomic E-state index is 2.43. The molecule has 0 amide bonds. The van der Waals surface area contributed by atoms with Crippen LogP contribution in [-0.2, 0) is 6.54 Å². The third-order valence-corrected chi connectivity index (χ3v) is 5.19. The number of hydrogen-bond acceptors (Lipinski definition) is 2. The molecular formula is C20H19NS. The van der Waals surface area contributed by atoms with Crippen molar-refractivity contribution in [2.75, 3.05) is 13.6 Å². The second kappa shape index (κ2) is 5.71. The average Bonchev–Trinajstić information content (AvgIpc) is 3.09. The van der Waals surface area contributed by atoms with Gasteiger partial charge in [-0.05, 0) is 57.8 Å². The van der Waals surface area contributed by atoms with Crippen molar-refractivity contribution in [2.24, 2.45) is 0 Å². The molecular weight excluding hydrogens is 286 g/mol. The fraction of sp³-hybridized carbons (Fsp3) is 0.200. The average molecular weight is 305 g/mol. The SMILES string of the molecule is CN1Cc2cc(-c3ccsc3)ccc2[C@@H](c2ccccc2)C1. The Morgan fingerprint density at radius 3 is 2.64 bits per heavy atom. The zero-order valence-electron chi connectivity index (χ0n) is 12.7. The molecule has 1 nitrogen and oxygen atoms in total. The monoisotopic (exact) mass is 305 g/mol. The number of thiophene rings is 1. The highest BCUT2D eigenvalue weighted by Crippen LogP contribution is 2.35. The number of hydrogen-bond donors (Lipinski definition) is 0. The predicted octanol–water partition coefficient (Wildman–Crippen LogP) is 4.99. The molecule has 1 aliphatic heterocycles. The van der Waals surface area contributed by atoms with Crippen molar-refractivity contribution >= 4 is 11.3 Å². The van der Waals surface area contributed by atoms with Crippen LogP contribution in [0.2, 0.25) is 0 Å². The highest BCUT2D eigenvalue weighted by atomic mass is 32.1. The van der Waals surface area contributed by atoms with Gasteiger partial charge in [0.05, 0.1) is 0 Å². The zero-order valence-corrected chi connectivity index (χ0v) is 13.5. The lowest BCUT2D eigenvalue weighted by Crippen LogP contribution is -2.30. The molecule has 1 aliphatic rings. The Kier molecular flexibility index (Phi) is 3.57. The molecule has 2 aromatic carbocycles. The molecule has 110 valence electrons. The normalized spacial score (nSPS) is 18.1. The summed E-state index contributed by atoms with van der Waals surface area (Å²) < 4.78 is 0. The molecule has 0 saturated heterocycles. The summed E-state index contributed by atoms with van der Waals surface area (Å²) in [6, 6.07) is 20.1. The van der Waals surface area contributed by atoms with Crippen LogP contribution in [0.4, 0.5) is 0 Å². The van der Waals surface area contributed by atoms with Crippen LogP contribution in [0.3, 0.4) is 0 Å². The number of nitrogens with zero attached hydrogens (tertiary/aromatic N) is 1. The second-order valence-electron chi connectivity index (χ2n) is 6.09. The summed E-state index contributed by atoms with van der Waals surface area (Å²) in [6.45, 7) is 2.13. The fourth-order valence-electron chi connectivity index (χ4n) is 3.43. The third-order valence-electron chi connectivity index (χ3n) is 4.51. The predicted molar refractivity (Wildman–Crippen MR) is 94.4 cm³/mol. The molecule has 1 aromatic heterocycles. The molecule has 4 rings (SSSR count). The first kappa shape index (κ1) is 13.7. The van der Waals surface area contributed by atoms with Crippen LogP contribution in [-0.4, -0.2) is 18.5 Å². The number of likely N-dealkylation sites (N-methyl/N-ethyl adjacent to an activating group) is 1. The zero-order chi connectivity index (χ0) is 14.9. The fourth-order valence-corrected chi connectivity index (χ4v) is 4.09. The van der Waals surface area contributed by atoms with Crippen molar-refractivity contribution in [2.45, 2.75) is 12.5 Å². The van der Waals surface area contributed by atoms with E-state index in [2.05, 4.69) is 77.3 Å². The van der Waals surface area contributed by atoms with Gasteiger partial charge in [-0.15, -0.1) is 0 Å². The molecule has 0 radical (unpaired) electrons. The van der Waals surface area contributed by atoms with Gasteiger partial charge in [-0.2, -0.15) is 11.3 Å². The van der Waals surface area contributed by atoms with Gasteiger partial charge in [-0.25, -0.2) is 0 Å². The van der Waals surface area contributed by atoms with Crippen molar-refractivity contribution in [3.8, 4) is 11.1 Å². The lowest BCUT2D eigenvalue weighted by molar-refractivity contribution is 0.295. The molecule has 0 fully saturated rings. The summed E-state index contributed by atoms with van der Waals surface area (Å²) in [6.07, 6.45) is 0. The van der Waals surface area contributed by atoms with E-state index in [1.807, 2.05) is 0 Å². The minimum Gasteiger partial charge on any atom is -0.301 e. The number of fused-ring (bicyclic) bond motifs is 1. The topological polar surface area (TPSA) is 3.24 Å². The van der Waals surface area contributed by atoms with Gasteiger partial charge in [0.15, 0.2) is 0 Å². The molecule has 0 spiro atoms. The van der Waals surface area contributed by atoms with Crippen molar-refractivity contribution in [3.05, 3.63) is 82.0 Å². The van der Waals surface area contributed by atoms with Crippen LogP contribution in [0, 0.1) is 0 Å². The molecule has 3 aromatic rings. The number of rotatable bonds is 2. The van der Waals surface area contributed by atoms with Gasteiger partial charge in [0.1, 0.15) is 0 Å². The summed E-state index contributed by atoms with van der Waals surface area (Å²) in [7, 11) is 2.22. The molecule has 2 heterocycles. The van der Waals surface area contributed by atoms with Gasteiger partial charge < -0.3 is 4.90 Å². The standard InChI is InChI=1S/C20H19NS/c1-21-12-18-11-16(17-9-10-22-14-17)7-8-19(18)20(13-21)15-5-3-2-4-6-15/h2-11,14,20H,12-13H2,1H3/t20-/m1/s1. The highest BCUT2D eigenvalue weighted by Gasteiger charge is 2.24. The van der Waals surface area contributed by atoms with Gasteiger partial charge in [0.25, 0.3) is 0 Å². The van der Waals surface area contributed by atoms with Crippen LogP contribution in [0.15, 0.2) is 65.4 Å². The van der Waals surface area contributed by atoms with E-state index in [-0.39, 0.29) is 0 Å². The van der Waals surface area contributed by atoms with Gasteiger partial charge in [-0.1, -0.05) is 42.5 Å². The van der Waals surface area contributed by atoms with Gasteiger partial charge >= 0.3 is 0 Å². The second-order valence-corrected chi connectivity index (χ2v) is 6.87. The summed E-state index contributed by atoms with van der Waals surface area (Å²) in [5.41, 5.74) is 7.03. The first-order valence-corrected chi connectivity index (χ1v) is 8.64. The largest absolute Gasteiger partial charge is 0.301 e. The van der Waals surface area contributed by atoms with E-state index in [1.54, 1.807) is 11.3 Å². The van der Waals surface area contributed by atoms with E-state index in [9.17, 15) is 0 Å². The summed E-state index contributed by atoms with van der Waals surface area (Å²) in [5, 5.41) is 4.37. The number of benzene rings is 2. The Morgan fingerprint density at radius 2 is 1.86 bits per heavy atom. The molecule has 1 atom stereocenters. The highest BCUT2D eigenvalue weighted by molar-refractivity contribution is 7.08. The molecule has 0 aliphatic carbocycles. The Balaban J connectivity index is 1.78. The molecule has 0 bridgehead atoms. The van der Waals surface area contributed by atoms with Crippen LogP contribution in [0.5, 0.6) is 0 Å². The van der Waals surface area contributed by atoms with Crippen LogP contribution in [0.1, 0.15) is 22.6 Å². The van der Waals surface area contributed by atoms with E-state index in [4.69, 9.17) is 0 Å². The van der Waals surface area contributed by atoms with Crippen molar-refractivity contribution in [3.63, 3.8) is 0 Å². The molecule has 0 saturated carbocycles. The van der Waals surface area contributed by atoms with E-state index in [1.165, 1.54) is 27.8 Å². The first-order chi connectivity index (χ1) is 10.8. The van der Waals surface area contributed by atoms with Gasteiger partial charge in [-0.3, -0.25) is 0 Å². The molecule has 0 N–H and O–H groups in total. The lowest BCUT2D eigenvalue weighted by Gasteiger charge is -2.33. The van der Waals surface area contributed by atoms with Crippen LogP contribution < -0.4 is 0 Å². The van der Waals surface area contributed by atoms with Crippen LogP contribution in [0.25, 0.3) is 11.1 Å². The molecule has 2 heteroatoms. The van der Waals surface area contributed by atoms with Crippen molar-refractivity contribution in [1.29, 1.82) is 0 Å². The Morgan fingerprint density at radius 1 is 1.00 bits per heavy atom. The summed E-state index contributed by atoms with van der Waals surface area (Å²) in [4.78, 5) is 2.43. The Bertz CT molecular complexity index is 762. The lowest BCUT2D eigenvalue weighted by atomic mass is 9.84. The van der Waals surface area contributed by atoms with Crippen molar-refractivity contribution < 1.29 is 0 Å². The van der Waals surface area contributed by atoms with Crippen molar-refractivity contribution in [1.82, 2.24) is 4.90 Å². The minimum atomic E-state index is 0.478. The van der Waals surface area contributed by atoms with Gasteiger partial charge in [0, 0.05) is 19.0 Å².